The molecule has 6 nitrogen and oxygen atoms in total. The highest BCUT2D eigenvalue weighted by molar-refractivity contribution is 7.88. The molecule has 1 heterocycles. The summed E-state index contributed by atoms with van der Waals surface area (Å²) < 4.78 is 24.0. The van der Waals surface area contributed by atoms with E-state index in [9.17, 15) is 8.42 Å². The van der Waals surface area contributed by atoms with E-state index in [4.69, 9.17) is 5.26 Å². The summed E-state index contributed by atoms with van der Waals surface area (Å²) in [6.07, 6.45) is 2.70. The van der Waals surface area contributed by atoms with E-state index in [1.54, 1.807) is 12.3 Å². The summed E-state index contributed by atoms with van der Waals surface area (Å²) in [6.45, 7) is 2.44. The topological polar surface area (TPSA) is 94.9 Å². The van der Waals surface area contributed by atoms with Gasteiger partial charge in [0, 0.05) is 19.3 Å². The van der Waals surface area contributed by atoms with Crippen LogP contribution in [0, 0.1) is 18.3 Å². The number of hydrogen-bond acceptors (Lipinski definition) is 5. The molecule has 0 aliphatic heterocycles. The van der Waals surface area contributed by atoms with Gasteiger partial charge < -0.3 is 5.32 Å². The number of nitrogens with zero attached hydrogens (tertiary/aromatic N) is 2. The van der Waals surface area contributed by atoms with Crippen molar-refractivity contribution in [3.63, 3.8) is 0 Å². The lowest BCUT2D eigenvalue weighted by Gasteiger charge is -2.08. The summed E-state index contributed by atoms with van der Waals surface area (Å²) in [6, 6.07) is 3.81. The first kappa shape index (κ1) is 13.4. The third-order valence-electron chi connectivity index (χ3n) is 2.05. The number of anilines is 1. The summed E-state index contributed by atoms with van der Waals surface area (Å²) in [5.74, 6) is 0.475. The second-order valence-corrected chi connectivity index (χ2v) is 5.39. The molecule has 92 valence electrons. The van der Waals surface area contributed by atoms with Crippen LogP contribution in [-0.4, -0.2) is 32.7 Å². The van der Waals surface area contributed by atoms with Gasteiger partial charge in [-0.25, -0.2) is 18.1 Å². The Morgan fingerprint density at radius 3 is 2.76 bits per heavy atom. The largest absolute Gasteiger partial charge is 0.368 e. The molecule has 0 bridgehead atoms. The Kier molecular flexibility index (Phi) is 4.43. The van der Waals surface area contributed by atoms with Crippen LogP contribution in [0.15, 0.2) is 12.3 Å². The highest BCUT2D eigenvalue weighted by Crippen LogP contribution is 2.14. The maximum Gasteiger partial charge on any atom is 0.208 e. The molecule has 0 radical (unpaired) electrons. The van der Waals surface area contributed by atoms with Gasteiger partial charge in [-0.3, -0.25) is 0 Å². The van der Waals surface area contributed by atoms with Crippen LogP contribution >= 0.6 is 0 Å². The fourth-order valence-corrected chi connectivity index (χ4v) is 1.72. The summed E-state index contributed by atoms with van der Waals surface area (Å²) in [7, 11) is -3.18. The minimum atomic E-state index is -3.18. The van der Waals surface area contributed by atoms with Gasteiger partial charge >= 0.3 is 0 Å². The Bertz CT molecular complexity index is 534. The maximum atomic E-state index is 10.8. The molecule has 2 N–H and O–H groups in total. The van der Waals surface area contributed by atoms with Crippen molar-refractivity contribution >= 4 is 15.8 Å². The number of sulfonamides is 1. The molecule has 0 aliphatic rings. The number of rotatable bonds is 5. The fraction of sp³-hybridized carbons (Fsp3) is 0.400. The number of aryl methyl sites for hydroxylation is 1. The summed E-state index contributed by atoms with van der Waals surface area (Å²) in [5, 5.41) is 11.9. The summed E-state index contributed by atoms with van der Waals surface area (Å²) >= 11 is 0. The normalized spacial score (nSPS) is 10.9. The van der Waals surface area contributed by atoms with Gasteiger partial charge in [0.2, 0.25) is 10.0 Å². The Morgan fingerprint density at radius 1 is 1.47 bits per heavy atom. The van der Waals surface area contributed by atoms with Crippen LogP contribution in [0.4, 0.5) is 5.82 Å². The van der Waals surface area contributed by atoms with Gasteiger partial charge in [-0.1, -0.05) is 0 Å². The van der Waals surface area contributed by atoms with Crippen LogP contribution in [-0.2, 0) is 10.0 Å². The summed E-state index contributed by atoms with van der Waals surface area (Å²) in [5.41, 5.74) is 1.31. The van der Waals surface area contributed by atoms with E-state index in [0.29, 0.717) is 17.9 Å². The van der Waals surface area contributed by atoms with Gasteiger partial charge in [0.05, 0.1) is 11.8 Å². The smallest absolute Gasteiger partial charge is 0.208 e. The van der Waals surface area contributed by atoms with E-state index in [-0.39, 0.29) is 6.54 Å². The van der Waals surface area contributed by atoms with Gasteiger partial charge in [0.1, 0.15) is 11.9 Å². The van der Waals surface area contributed by atoms with Crippen LogP contribution in [0.3, 0.4) is 0 Å². The second-order valence-electron chi connectivity index (χ2n) is 3.56. The molecule has 0 fully saturated rings. The fourth-order valence-electron chi connectivity index (χ4n) is 1.25. The second kappa shape index (κ2) is 5.61. The first-order valence-corrected chi connectivity index (χ1v) is 6.87. The lowest BCUT2D eigenvalue weighted by atomic mass is 10.1. The molecule has 7 heteroatoms. The van der Waals surface area contributed by atoms with Crippen LogP contribution in [0.2, 0.25) is 0 Å². The standard InChI is InChI=1S/C10H14N4O2S/c1-8-3-4-12-10(9(8)7-11)13-5-6-14-17(2,15)16/h3-4,14H,5-6H2,1-2H3,(H,12,13). The molecule has 0 aliphatic carbocycles. The molecule has 0 atom stereocenters. The molecule has 0 saturated carbocycles. The maximum absolute atomic E-state index is 10.8. The highest BCUT2D eigenvalue weighted by Gasteiger charge is 2.05. The van der Waals surface area contributed by atoms with E-state index in [1.807, 2.05) is 6.92 Å². The van der Waals surface area contributed by atoms with Crippen molar-refractivity contribution in [3.05, 3.63) is 23.4 Å². The van der Waals surface area contributed by atoms with Crippen LogP contribution in [0.25, 0.3) is 0 Å². The van der Waals surface area contributed by atoms with Crippen molar-refractivity contribution in [2.75, 3.05) is 24.7 Å². The number of aromatic nitrogens is 1. The molecule has 1 rings (SSSR count). The molecule has 0 unspecified atom stereocenters. The van der Waals surface area contributed by atoms with E-state index >= 15 is 0 Å². The zero-order valence-corrected chi connectivity index (χ0v) is 10.5. The third kappa shape index (κ3) is 4.38. The van der Waals surface area contributed by atoms with Gasteiger partial charge in [-0.05, 0) is 18.6 Å². The monoisotopic (exact) mass is 254 g/mol. The number of nitriles is 1. The predicted octanol–water partition coefficient (Wildman–Crippen LogP) is 0.223. The number of nitrogens with one attached hydrogen (secondary N) is 2. The Balaban J connectivity index is 2.59. The summed E-state index contributed by atoms with van der Waals surface area (Å²) in [4.78, 5) is 4.03. The molecule has 0 aromatic carbocycles. The molecule has 0 saturated heterocycles. The van der Waals surface area contributed by atoms with Crippen molar-refractivity contribution in [1.29, 1.82) is 5.26 Å². The van der Waals surface area contributed by atoms with E-state index < -0.39 is 10.0 Å². The minimum Gasteiger partial charge on any atom is -0.368 e. The number of hydrogen-bond donors (Lipinski definition) is 2. The third-order valence-corrected chi connectivity index (χ3v) is 2.78. The van der Waals surface area contributed by atoms with Crippen LogP contribution in [0.5, 0.6) is 0 Å². The van der Waals surface area contributed by atoms with Gasteiger partial charge in [-0.15, -0.1) is 0 Å². The van der Waals surface area contributed by atoms with Crippen LogP contribution < -0.4 is 10.0 Å². The molecular formula is C10H14N4O2S. The SMILES string of the molecule is Cc1ccnc(NCCNS(C)(=O)=O)c1C#N. The molecule has 17 heavy (non-hydrogen) atoms. The van der Waals surface area contributed by atoms with Crippen molar-refractivity contribution < 1.29 is 8.42 Å². The molecule has 1 aromatic rings. The zero-order valence-electron chi connectivity index (χ0n) is 9.69. The van der Waals surface area contributed by atoms with Gasteiger partial charge in [0.25, 0.3) is 0 Å². The molecule has 0 amide bonds. The number of pyridine rings is 1. The molecule has 1 aromatic heterocycles. The van der Waals surface area contributed by atoms with Crippen molar-refractivity contribution in [2.24, 2.45) is 0 Å². The van der Waals surface area contributed by atoms with E-state index in [0.717, 1.165) is 11.8 Å². The van der Waals surface area contributed by atoms with Crippen molar-refractivity contribution in [1.82, 2.24) is 9.71 Å². The zero-order chi connectivity index (χ0) is 12.9. The van der Waals surface area contributed by atoms with E-state index in [2.05, 4.69) is 21.1 Å². The first-order valence-electron chi connectivity index (χ1n) is 4.98. The predicted molar refractivity (Wildman–Crippen MR) is 65.0 cm³/mol. The van der Waals surface area contributed by atoms with Crippen LogP contribution in [0.1, 0.15) is 11.1 Å². The molecular weight excluding hydrogens is 240 g/mol. The van der Waals surface area contributed by atoms with E-state index in [1.165, 1.54) is 0 Å². The first-order chi connectivity index (χ1) is 7.94. The Hall–Kier alpha value is -1.65. The molecule has 0 spiro atoms. The Labute approximate surface area is 101 Å². The van der Waals surface area contributed by atoms with Gasteiger partial charge in [0.15, 0.2) is 0 Å². The van der Waals surface area contributed by atoms with Gasteiger partial charge in [-0.2, -0.15) is 5.26 Å². The lowest BCUT2D eigenvalue weighted by molar-refractivity contribution is 0.589. The minimum absolute atomic E-state index is 0.249. The highest BCUT2D eigenvalue weighted by atomic mass is 32.2. The van der Waals surface area contributed by atoms with Crippen molar-refractivity contribution in [3.8, 4) is 6.07 Å². The quantitative estimate of drug-likeness (QED) is 0.733. The Morgan fingerprint density at radius 2 is 2.18 bits per heavy atom. The average molecular weight is 254 g/mol. The van der Waals surface area contributed by atoms with Crippen molar-refractivity contribution in [2.45, 2.75) is 6.92 Å². The average Bonchev–Trinajstić information content (AvgIpc) is 2.23. The lowest BCUT2D eigenvalue weighted by Crippen LogP contribution is -2.28.